The van der Waals surface area contributed by atoms with Gasteiger partial charge in [0.25, 0.3) is 0 Å². The van der Waals surface area contributed by atoms with Crippen molar-refractivity contribution in [2.75, 3.05) is 6.54 Å². The molecule has 18 heavy (non-hydrogen) atoms. The van der Waals surface area contributed by atoms with Gasteiger partial charge in [-0.3, -0.25) is 4.79 Å². The fraction of sp³-hybridized carbons (Fsp3) is 0.538. The second-order valence-corrected chi connectivity index (χ2v) is 4.43. The first-order valence-corrected chi connectivity index (χ1v) is 6.52. The quantitative estimate of drug-likeness (QED) is 0.845. The Kier molecular flexibility index (Phi) is 4.02. The summed E-state index contributed by atoms with van der Waals surface area (Å²) in [5.74, 6) is 0.307. The van der Waals surface area contributed by atoms with Crippen LogP contribution in [0.1, 0.15) is 26.7 Å². The molecule has 2 aromatic heterocycles. The van der Waals surface area contributed by atoms with Crippen LogP contribution in [0, 0.1) is 5.92 Å². The smallest absolute Gasteiger partial charge is 0.223 e. The van der Waals surface area contributed by atoms with E-state index in [-0.39, 0.29) is 11.8 Å². The number of imidazole rings is 1. The highest BCUT2D eigenvalue weighted by Gasteiger charge is 2.13. The molecule has 2 aromatic rings. The summed E-state index contributed by atoms with van der Waals surface area (Å²) in [6.45, 7) is 5.53. The highest BCUT2D eigenvalue weighted by atomic mass is 16.1. The van der Waals surface area contributed by atoms with Crippen LogP contribution < -0.4 is 5.32 Å². The van der Waals surface area contributed by atoms with Gasteiger partial charge in [-0.2, -0.15) is 5.10 Å². The third-order valence-electron chi connectivity index (χ3n) is 3.34. The molecule has 0 fully saturated rings. The molecule has 0 bridgehead atoms. The zero-order valence-electron chi connectivity index (χ0n) is 11.0. The number of aromatic nitrogens is 3. The molecule has 0 spiro atoms. The van der Waals surface area contributed by atoms with Crippen molar-refractivity contribution >= 4 is 11.6 Å². The van der Waals surface area contributed by atoms with Crippen molar-refractivity contribution in [3.05, 3.63) is 24.7 Å². The topological polar surface area (TPSA) is 51.3 Å². The first-order valence-electron chi connectivity index (χ1n) is 6.52. The van der Waals surface area contributed by atoms with E-state index < -0.39 is 0 Å². The van der Waals surface area contributed by atoms with Crippen LogP contribution >= 0.6 is 0 Å². The van der Waals surface area contributed by atoms with E-state index >= 15 is 0 Å². The Hall–Kier alpha value is -1.78. The van der Waals surface area contributed by atoms with Crippen LogP contribution in [-0.2, 0) is 11.3 Å². The summed E-state index contributed by atoms with van der Waals surface area (Å²) in [6.07, 6.45) is 7.47. The van der Waals surface area contributed by atoms with Crippen molar-refractivity contribution < 1.29 is 4.79 Å². The van der Waals surface area contributed by atoms with Gasteiger partial charge >= 0.3 is 0 Å². The second kappa shape index (κ2) is 5.71. The maximum absolute atomic E-state index is 11.8. The first-order chi connectivity index (χ1) is 8.76. The Morgan fingerprint density at radius 1 is 1.39 bits per heavy atom. The van der Waals surface area contributed by atoms with Crippen LogP contribution in [0.2, 0.25) is 0 Å². The molecule has 0 aromatic carbocycles. The molecule has 2 rings (SSSR count). The van der Waals surface area contributed by atoms with Gasteiger partial charge in [0, 0.05) is 37.5 Å². The minimum Gasteiger partial charge on any atom is -0.354 e. The predicted molar refractivity (Wildman–Crippen MR) is 70.3 cm³/mol. The van der Waals surface area contributed by atoms with Crippen LogP contribution in [0.3, 0.4) is 0 Å². The second-order valence-electron chi connectivity index (χ2n) is 4.43. The normalized spacial score (nSPS) is 11.3. The van der Waals surface area contributed by atoms with Gasteiger partial charge < -0.3 is 9.88 Å². The number of rotatable bonds is 6. The highest BCUT2D eigenvalue weighted by molar-refractivity contribution is 5.78. The minimum atomic E-state index is 0.143. The van der Waals surface area contributed by atoms with Crippen molar-refractivity contribution in [2.24, 2.45) is 5.92 Å². The number of hydrogen-bond donors (Lipinski definition) is 1. The van der Waals surface area contributed by atoms with E-state index in [1.807, 2.05) is 23.0 Å². The lowest BCUT2D eigenvalue weighted by Gasteiger charge is -2.12. The summed E-state index contributed by atoms with van der Waals surface area (Å²) in [7, 11) is 0. The average Bonchev–Trinajstić information content (AvgIpc) is 2.95. The average molecular weight is 248 g/mol. The van der Waals surface area contributed by atoms with Crippen molar-refractivity contribution in [2.45, 2.75) is 33.2 Å². The van der Waals surface area contributed by atoms with Gasteiger partial charge in [-0.15, -0.1) is 0 Å². The lowest BCUT2D eigenvalue weighted by molar-refractivity contribution is -0.125. The maximum Gasteiger partial charge on any atom is 0.223 e. The molecule has 5 heteroatoms. The van der Waals surface area contributed by atoms with Gasteiger partial charge in [-0.1, -0.05) is 13.8 Å². The molecule has 0 atom stereocenters. The van der Waals surface area contributed by atoms with Gasteiger partial charge in [-0.25, -0.2) is 4.52 Å². The number of nitrogens with zero attached hydrogens (tertiary/aromatic N) is 3. The van der Waals surface area contributed by atoms with E-state index in [9.17, 15) is 4.79 Å². The largest absolute Gasteiger partial charge is 0.354 e. The minimum absolute atomic E-state index is 0.143. The van der Waals surface area contributed by atoms with Gasteiger partial charge in [0.15, 0.2) is 0 Å². The number of nitrogens with one attached hydrogen (secondary N) is 1. The highest BCUT2D eigenvalue weighted by Crippen LogP contribution is 2.07. The van der Waals surface area contributed by atoms with Gasteiger partial charge in [0.2, 0.25) is 5.91 Å². The molecule has 0 saturated heterocycles. The van der Waals surface area contributed by atoms with E-state index in [4.69, 9.17) is 0 Å². The summed E-state index contributed by atoms with van der Waals surface area (Å²) in [5.41, 5.74) is 1.05. The third kappa shape index (κ3) is 2.55. The zero-order valence-corrected chi connectivity index (χ0v) is 11.0. The van der Waals surface area contributed by atoms with Crippen LogP contribution in [-0.4, -0.2) is 26.6 Å². The van der Waals surface area contributed by atoms with Crippen molar-refractivity contribution in [3.63, 3.8) is 0 Å². The van der Waals surface area contributed by atoms with Crippen molar-refractivity contribution in [1.29, 1.82) is 0 Å². The number of hydrogen-bond acceptors (Lipinski definition) is 2. The van der Waals surface area contributed by atoms with Gasteiger partial charge in [-0.05, 0) is 12.8 Å². The number of fused-ring (bicyclic) bond motifs is 1. The number of carbonyl (C=O) groups is 1. The molecule has 0 aliphatic heterocycles. The molecular weight excluding hydrogens is 228 g/mol. The standard InChI is InChI=1S/C13H20N4O/c1-3-11(4-2)13(18)14-7-8-16-9-10-17-12(16)5-6-15-17/h5-6,9-11H,3-4,7-8H2,1-2H3,(H,14,18). The fourth-order valence-electron chi connectivity index (χ4n) is 2.16. The Morgan fingerprint density at radius 2 is 2.17 bits per heavy atom. The van der Waals surface area contributed by atoms with Crippen molar-refractivity contribution in [1.82, 2.24) is 19.5 Å². The molecule has 0 unspecified atom stereocenters. The zero-order chi connectivity index (χ0) is 13.0. The van der Waals surface area contributed by atoms with Crippen LogP contribution in [0.5, 0.6) is 0 Å². The summed E-state index contributed by atoms with van der Waals surface area (Å²) >= 11 is 0. The van der Waals surface area contributed by atoms with Crippen LogP contribution in [0.4, 0.5) is 0 Å². The Bertz CT molecular complexity index is 510. The number of carbonyl (C=O) groups excluding carboxylic acids is 1. The lowest BCUT2D eigenvalue weighted by Crippen LogP contribution is -2.32. The van der Waals surface area contributed by atoms with Crippen molar-refractivity contribution in [3.8, 4) is 0 Å². The monoisotopic (exact) mass is 248 g/mol. The Morgan fingerprint density at radius 3 is 2.89 bits per heavy atom. The lowest BCUT2D eigenvalue weighted by atomic mass is 10.0. The van der Waals surface area contributed by atoms with Gasteiger partial charge in [0.05, 0.1) is 6.20 Å². The molecule has 1 amide bonds. The molecule has 1 N–H and O–H groups in total. The fourth-order valence-corrected chi connectivity index (χ4v) is 2.16. The molecule has 2 heterocycles. The Balaban J connectivity index is 1.86. The first kappa shape index (κ1) is 12.7. The molecule has 0 aliphatic carbocycles. The summed E-state index contributed by atoms with van der Waals surface area (Å²) in [5, 5.41) is 7.14. The molecule has 5 nitrogen and oxygen atoms in total. The summed E-state index contributed by atoms with van der Waals surface area (Å²) < 4.78 is 3.91. The molecule has 0 saturated carbocycles. The third-order valence-corrected chi connectivity index (χ3v) is 3.34. The SMILES string of the molecule is CCC(CC)C(=O)NCCn1ccn2nccc12. The van der Waals surface area contributed by atoms with E-state index in [0.29, 0.717) is 6.54 Å². The van der Waals surface area contributed by atoms with E-state index in [1.165, 1.54) is 0 Å². The van der Waals surface area contributed by atoms with E-state index in [1.54, 1.807) is 6.20 Å². The summed E-state index contributed by atoms with van der Waals surface area (Å²) in [6, 6.07) is 1.96. The maximum atomic E-state index is 11.8. The molecule has 98 valence electrons. The van der Waals surface area contributed by atoms with Crippen LogP contribution in [0.25, 0.3) is 5.65 Å². The molecular formula is C13H20N4O. The van der Waals surface area contributed by atoms with E-state index in [2.05, 4.69) is 28.8 Å². The molecule has 0 aliphatic rings. The van der Waals surface area contributed by atoms with E-state index in [0.717, 1.165) is 25.0 Å². The number of amides is 1. The van der Waals surface area contributed by atoms with Crippen LogP contribution in [0.15, 0.2) is 24.7 Å². The predicted octanol–water partition coefficient (Wildman–Crippen LogP) is 1.69. The summed E-state index contributed by atoms with van der Waals surface area (Å²) in [4.78, 5) is 11.8. The Labute approximate surface area is 107 Å². The molecule has 0 radical (unpaired) electrons. The van der Waals surface area contributed by atoms with Gasteiger partial charge in [0.1, 0.15) is 5.65 Å².